The first-order valence-corrected chi connectivity index (χ1v) is 5.79. The quantitative estimate of drug-likeness (QED) is 0.817. The first kappa shape index (κ1) is 14.3. The second-order valence-corrected chi connectivity index (χ2v) is 4.98. The van der Waals surface area contributed by atoms with Gasteiger partial charge in [-0.3, -0.25) is 0 Å². The molecule has 1 aromatic rings. The summed E-state index contributed by atoms with van der Waals surface area (Å²) in [6.07, 6.45) is -3.58. The van der Waals surface area contributed by atoms with E-state index < -0.39 is 17.3 Å². The average molecular weight is 266 g/mol. The molecular formula is C10H13F3N2OS. The van der Waals surface area contributed by atoms with Crippen LogP contribution in [0.1, 0.15) is 12.5 Å². The Bertz CT molecular complexity index is 365. The average Bonchev–Trinajstić information content (AvgIpc) is 2.26. The van der Waals surface area contributed by atoms with Crippen molar-refractivity contribution in [3.8, 4) is 0 Å². The monoisotopic (exact) mass is 266 g/mol. The van der Waals surface area contributed by atoms with E-state index in [0.717, 1.165) is 12.3 Å². The van der Waals surface area contributed by atoms with Crippen LogP contribution in [0, 0.1) is 0 Å². The predicted octanol–water partition coefficient (Wildman–Crippen LogP) is 1.90. The van der Waals surface area contributed by atoms with Crippen molar-refractivity contribution in [1.82, 2.24) is 4.98 Å². The van der Waals surface area contributed by atoms with Gasteiger partial charge in [-0.25, -0.2) is 4.98 Å². The van der Waals surface area contributed by atoms with Crippen LogP contribution in [0.2, 0.25) is 0 Å². The van der Waals surface area contributed by atoms with E-state index in [2.05, 4.69) is 4.98 Å². The number of rotatable bonds is 4. The smallest absolute Gasteiger partial charge is 0.394 e. The van der Waals surface area contributed by atoms with Gasteiger partial charge in [0.1, 0.15) is 0 Å². The van der Waals surface area contributed by atoms with Gasteiger partial charge in [0.15, 0.2) is 0 Å². The number of halogens is 3. The van der Waals surface area contributed by atoms with Gasteiger partial charge in [-0.2, -0.15) is 13.2 Å². The standard InChI is InChI=1S/C10H13F3N2OS/c1-9(14,5-16)6-17-8-3-2-7(4-15-8)10(11,12)13/h2-4,16H,5-6,14H2,1H3. The van der Waals surface area contributed by atoms with Crippen LogP contribution in [0.25, 0.3) is 0 Å². The van der Waals surface area contributed by atoms with Gasteiger partial charge < -0.3 is 10.8 Å². The maximum absolute atomic E-state index is 12.2. The lowest BCUT2D eigenvalue weighted by Gasteiger charge is -2.20. The first-order chi connectivity index (χ1) is 7.74. The van der Waals surface area contributed by atoms with Gasteiger partial charge in [-0.15, -0.1) is 11.8 Å². The maximum atomic E-state index is 12.2. The maximum Gasteiger partial charge on any atom is 0.417 e. The molecule has 1 atom stereocenters. The molecule has 0 aliphatic rings. The topological polar surface area (TPSA) is 59.1 Å². The van der Waals surface area contributed by atoms with Crippen molar-refractivity contribution in [3.05, 3.63) is 23.9 Å². The van der Waals surface area contributed by atoms with Gasteiger partial charge >= 0.3 is 6.18 Å². The molecule has 0 aliphatic carbocycles. The fraction of sp³-hybridized carbons (Fsp3) is 0.500. The lowest BCUT2D eigenvalue weighted by molar-refractivity contribution is -0.137. The third-order valence-corrected chi connectivity index (χ3v) is 3.32. The Morgan fingerprint density at radius 2 is 2.06 bits per heavy atom. The molecule has 1 unspecified atom stereocenters. The molecule has 0 saturated heterocycles. The summed E-state index contributed by atoms with van der Waals surface area (Å²) < 4.78 is 36.7. The summed E-state index contributed by atoms with van der Waals surface area (Å²) in [4.78, 5) is 3.69. The second-order valence-electron chi connectivity index (χ2n) is 3.98. The number of aromatic nitrogens is 1. The van der Waals surface area contributed by atoms with Crippen LogP contribution in [0.3, 0.4) is 0 Å². The Morgan fingerprint density at radius 1 is 1.41 bits per heavy atom. The van der Waals surface area contributed by atoms with Gasteiger partial charge in [0.2, 0.25) is 0 Å². The van der Waals surface area contributed by atoms with Crippen molar-refractivity contribution in [1.29, 1.82) is 0 Å². The van der Waals surface area contributed by atoms with Crippen LogP contribution in [0.4, 0.5) is 13.2 Å². The first-order valence-electron chi connectivity index (χ1n) is 4.80. The highest BCUT2D eigenvalue weighted by Gasteiger charge is 2.30. The van der Waals surface area contributed by atoms with E-state index in [0.29, 0.717) is 10.8 Å². The fourth-order valence-corrected chi connectivity index (χ4v) is 1.78. The van der Waals surface area contributed by atoms with Crippen molar-refractivity contribution >= 4 is 11.8 Å². The molecule has 0 saturated carbocycles. The number of nitrogens with zero attached hydrogens (tertiary/aromatic N) is 1. The summed E-state index contributed by atoms with van der Waals surface area (Å²) in [6, 6.07) is 2.27. The number of hydrogen-bond donors (Lipinski definition) is 2. The molecule has 17 heavy (non-hydrogen) atoms. The molecule has 0 aromatic carbocycles. The van der Waals surface area contributed by atoms with Crippen LogP contribution in [-0.2, 0) is 6.18 Å². The molecule has 1 heterocycles. The molecule has 0 spiro atoms. The van der Waals surface area contributed by atoms with E-state index >= 15 is 0 Å². The van der Waals surface area contributed by atoms with Crippen LogP contribution < -0.4 is 5.73 Å². The van der Waals surface area contributed by atoms with Crippen molar-refractivity contribution < 1.29 is 18.3 Å². The minimum absolute atomic E-state index is 0.194. The summed E-state index contributed by atoms with van der Waals surface area (Å²) in [7, 11) is 0. The lowest BCUT2D eigenvalue weighted by atomic mass is 10.1. The Hall–Kier alpha value is -0.790. The Balaban J connectivity index is 2.64. The zero-order valence-electron chi connectivity index (χ0n) is 9.16. The predicted molar refractivity (Wildman–Crippen MR) is 59.6 cm³/mol. The van der Waals surface area contributed by atoms with Crippen LogP contribution >= 0.6 is 11.8 Å². The minimum Gasteiger partial charge on any atom is -0.394 e. The molecule has 7 heteroatoms. The molecule has 0 fully saturated rings. The van der Waals surface area contributed by atoms with Crippen molar-refractivity contribution in [2.45, 2.75) is 23.7 Å². The largest absolute Gasteiger partial charge is 0.417 e. The van der Waals surface area contributed by atoms with Crippen molar-refractivity contribution in [3.63, 3.8) is 0 Å². The Labute approximate surface area is 101 Å². The van der Waals surface area contributed by atoms with Gasteiger partial charge in [0.05, 0.1) is 17.2 Å². The highest BCUT2D eigenvalue weighted by atomic mass is 32.2. The minimum atomic E-state index is -4.37. The van der Waals surface area contributed by atoms with E-state index in [1.807, 2.05) is 0 Å². The van der Waals surface area contributed by atoms with Crippen molar-refractivity contribution in [2.75, 3.05) is 12.4 Å². The molecular weight excluding hydrogens is 253 g/mol. The van der Waals surface area contributed by atoms with Gasteiger partial charge in [-0.1, -0.05) is 0 Å². The number of nitrogens with two attached hydrogens (primary N) is 1. The van der Waals surface area contributed by atoms with Crippen molar-refractivity contribution in [2.24, 2.45) is 5.73 Å². The highest BCUT2D eigenvalue weighted by molar-refractivity contribution is 7.99. The lowest BCUT2D eigenvalue weighted by Crippen LogP contribution is -2.42. The molecule has 0 aliphatic heterocycles. The Morgan fingerprint density at radius 3 is 2.47 bits per heavy atom. The molecule has 0 bridgehead atoms. The summed E-state index contributed by atoms with van der Waals surface area (Å²) in [5, 5.41) is 9.36. The van der Waals surface area contributed by atoms with E-state index in [-0.39, 0.29) is 6.61 Å². The SMILES string of the molecule is CC(N)(CO)CSc1ccc(C(F)(F)F)cn1. The molecule has 3 nitrogen and oxygen atoms in total. The fourth-order valence-electron chi connectivity index (χ4n) is 0.918. The third kappa shape index (κ3) is 4.53. The van der Waals surface area contributed by atoms with E-state index in [1.165, 1.54) is 17.8 Å². The number of aliphatic hydroxyl groups excluding tert-OH is 1. The zero-order chi connectivity index (χ0) is 13.1. The summed E-state index contributed by atoms with van der Waals surface area (Å²) in [6.45, 7) is 1.46. The van der Waals surface area contributed by atoms with Gasteiger partial charge in [0.25, 0.3) is 0 Å². The van der Waals surface area contributed by atoms with Crippen LogP contribution in [0.15, 0.2) is 23.4 Å². The Kier molecular flexibility index (Phi) is 4.40. The molecule has 96 valence electrons. The van der Waals surface area contributed by atoms with Gasteiger partial charge in [-0.05, 0) is 19.1 Å². The summed E-state index contributed by atoms with van der Waals surface area (Å²) in [5.41, 5.74) is 4.14. The number of thioether (sulfide) groups is 1. The van der Waals surface area contributed by atoms with Crippen LogP contribution in [-0.4, -0.2) is 28.0 Å². The molecule has 1 rings (SSSR count). The number of aliphatic hydroxyl groups is 1. The highest BCUT2D eigenvalue weighted by Crippen LogP contribution is 2.29. The van der Waals surface area contributed by atoms with Crippen LogP contribution in [0.5, 0.6) is 0 Å². The van der Waals surface area contributed by atoms with E-state index in [1.54, 1.807) is 6.92 Å². The number of pyridine rings is 1. The zero-order valence-corrected chi connectivity index (χ0v) is 9.98. The normalized spacial score (nSPS) is 15.6. The van der Waals surface area contributed by atoms with E-state index in [9.17, 15) is 13.2 Å². The summed E-state index contributed by atoms with van der Waals surface area (Å²) >= 11 is 1.21. The third-order valence-electron chi connectivity index (χ3n) is 1.97. The van der Waals surface area contributed by atoms with E-state index in [4.69, 9.17) is 10.8 Å². The molecule has 0 radical (unpaired) electrons. The molecule has 0 amide bonds. The number of alkyl halides is 3. The number of hydrogen-bond acceptors (Lipinski definition) is 4. The molecule has 1 aromatic heterocycles. The summed E-state index contributed by atoms with van der Waals surface area (Å²) in [5.74, 6) is 0.377. The molecule has 3 N–H and O–H groups in total. The van der Waals surface area contributed by atoms with Gasteiger partial charge in [0, 0.05) is 17.5 Å². The second kappa shape index (κ2) is 5.24.